The van der Waals surface area contributed by atoms with Gasteiger partial charge >= 0.3 is 0 Å². The van der Waals surface area contributed by atoms with Crippen molar-refractivity contribution in [2.45, 2.75) is 12.8 Å². The highest BCUT2D eigenvalue weighted by Gasteiger charge is 2.16. The Morgan fingerprint density at radius 3 is 2.52 bits per heavy atom. The molecular weight excluding hydrogens is 446 g/mol. The summed E-state index contributed by atoms with van der Waals surface area (Å²) < 4.78 is 37.1. The fraction of sp³-hybridized carbons (Fsp3) is 0.200. The van der Waals surface area contributed by atoms with Gasteiger partial charge in [0, 0.05) is 12.5 Å². The minimum atomic E-state index is -3.62. The zero-order chi connectivity index (χ0) is 21.7. The maximum absolute atomic E-state index is 12.8. The molecule has 4 N–H and O–H groups in total. The van der Waals surface area contributed by atoms with Gasteiger partial charge in [0.15, 0.2) is 5.75 Å². The van der Waals surface area contributed by atoms with Gasteiger partial charge in [0.25, 0.3) is 0 Å². The SMILES string of the molecule is CS(=O)(=O)Nc1cc2occ(NC(=O)CCCN)c(=O)c2cc1Oc1ccccc1.Cl. The Hall–Kier alpha value is -3.08. The average molecular weight is 468 g/mol. The van der Waals surface area contributed by atoms with Crippen molar-refractivity contribution in [3.05, 3.63) is 59.0 Å². The quantitative estimate of drug-likeness (QED) is 0.462. The van der Waals surface area contributed by atoms with E-state index in [9.17, 15) is 18.0 Å². The summed E-state index contributed by atoms with van der Waals surface area (Å²) in [6, 6.07) is 11.4. The van der Waals surface area contributed by atoms with Crippen molar-refractivity contribution in [2.24, 2.45) is 5.73 Å². The first kappa shape index (κ1) is 24.2. The standard InChI is InChI=1S/C20H21N3O6S.ClH/c1-30(26,27)23-15-11-17-14(10-18(15)29-13-6-3-2-4-7-13)20(25)16(12-28-17)22-19(24)8-5-9-21;/h2-4,6-7,10-12,23H,5,8-9,21H2,1H3,(H,22,24);1H. The molecule has 0 spiro atoms. The summed E-state index contributed by atoms with van der Waals surface area (Å²) >= 11 is 0. The summed E-state index contributed by atoms with van der Waals surface area (Å²) in [5.74, 6) is 0.199. The second kappa shape index (κ2) is 10.3. The number of halogens is 1. The molecule has 31 heavy (non-hydrogen) atoms. The van der Waals surface area contributed by atoms with Crippen LogP contribution in [0.25, 0.3) is 11.0 Å². The van der Waals surface area contributed by atoms with Crippen LogP contribution < -0.4 is 25.9 Å². The number of amides is 1. The Bertz CT molecular complexity index is 1230. The topological polar surface area (TPSA) is 141 Å². The van der Waals surface area contributed by atoms with Gasteiger partial charge in [-0.3, -0.25) is 14.3 Å². The summed E-state index contributed by atoms with van der Waals surface area (Å²) in [6.07, 6.45) is 2.78. The summed E-state index contributed by atoms with van der Waals surface area (Å²) in [5.41, 5.74) is 5.11. The molecule has 0 aliphatic rings. The van der Waals surface area contributed by atoms with Gasteiger partial charge in [-0.25, -0.2) is 8.42 Å². The van der Waals surface area contributed by atoms with E-state index in [1.807, 2.05) is 0 Å². The lowest BCUT2D eigenvalue weighted by molar-refractivity contribution is -0.116. The van der Waals surface area contributed by atoms with E-state index in [1.165, 1.54) is 12.1 Å². The number of fused-ring (bicyclic) bond motifs is 1. The molecule has 1 amide bonds. The van der Waals surface area contributed by atoms with E-state index < -0.39 is 15.5 Å². The molecule has 0 saturated heterocycles. The van der Waals surface area contributed by atoms with Crippen molar-refractivity contribution in [3.63, 3.8) is 0 Å². The van der Waals surface area contributed by atoms with Gasteiger partial charge in [-0.15, -0.1) is 12.4 Å². The van der Waals surface area contributed by atoms with Crippen LogP contribution in [-0.4, -0.2) is 27.1 Å². The highest BCUT2D eigenvalue weighted by molar-refractivity contribution is 7.92. The van der Waals surface area contributed by atoms with Crippen LogP contribution in [0.15, 0.2) is 57.9 Å². The van der Waals surface area contributed by atoms with Crippen molar-refractivity contribution < 1.29 is 22.4 Å². The molecule has 3 rings (SSSR count). The van der Waals surface area contributed by atoms with Crippen molar-refractivity contribution in [1.82, 2.24) is 0 Å². The minimum absolute atomic E-state index is 0. The van der Waals surface area contributed by atoms with Gasteiger partial charge in [0.2, 0.25) is 21.4 Å². The van der Waals surface area contributed by atoms with Crippen LogP contribution in [0.2, 0.25) is 0 Å². The van der Waals surface area contributed by atoms with Gasteiger partial charge in [-0.05, 0) is 31.2 Å². The van der Waals surface area contributed by atoms with Gasteiger partial charge in [0.1, 0.15) is 23.3 Å². The number of para-hydroxylation sites is 1. The average Bonchev–Trinajstić information content (AvgIpc) is 2.69. The number of rotatable bonds is 8. The Morgan fingerprint density at radius 2 is 1.87 bits per heavy atom. The molecule has 3 aromatic rings. The number of nitrogens with two attached hydrogens (primary N) is 1. The van der Waals surface area contributed by atoms with Gasteiger partial charge in [-0.2, -0.15) is 0 Å². The lowest BCUT2D eigenvalue weighted by atomic mass is 10.2. The number of anilines is 2. The maximum Gasteiger partial charge on any atom is 0.229 e. The van der Waals surface area contributed by atoms with E-state index in [1.54, 1.807) is 30.3 Å². The molecule has 0 aliphatic heterocycles. The number of hydrogen-bond donors (Lipinski definition) is 3. The number of ether oxygens (including phenoxy) is 1. The Kier molecular flexibility index (Phi) is 8.03. The highest BCUT2D eigenvalue weighted by atomic mass is 35.5. The molecule has 0 saturated carbocycles. The number of nitrogens with one attached hydrogen (secondary N) is 2. The molecule has 0 atom stereocenters. The van der Waals surface area contributed by atoms with Gasteiger partial charge in [-0.1, -0.05) is 18.2 Å². The molecule has 1 heterocycles. The van der Waals surface area contributed by atoms with Crippen LogP contribution in [0.4, 0.5) is 11.4 Å². The van der Waals surface area contributed by atoms with E-state index in [2.05, 4.69) is 10.0 Å². The number of carbonyl (C=O) groups is 1. The van der Waals surface area contributed by atoms with E-state index in [-0.39, 0.29) is 52.8 Å². The normalized spacial score (nSPS) is 10.9. The third-order valence-corrected chi connectivity index (χ3v) is 4.61. The minimum Gasteiger partial charge on any atom is -0.462 e. The number of sulfonamides is 1. The second-order valence-electron chi connectivity index (χ2n) is 6.55. The van der Waals surface area contributed by atoms with Crippen LogP contribution in [0, 0.1) is 0 Å². The van der Waals surface area contributed by atoms with Crippen molar-refractivity contribution in [2.75, 3.05) is 22.8 Å². The largest absolute Gasteiger partial charge is 0.462 e. The highest BCUT2D eigenvalue weighted by Crippen LogP contribution is 2.34. The van der Waals surface area contributed by atoms with Crippen LogP contribution in [-0.2, 0) is 14.8 Å². The predicted octanol–water partition coefficient (Wildman–Crippen LogP) is 3.06. The van der Waals surface area contributed by atoms with Crippen LogP contribution >= 0.6 is 12.4 Å². The lowest BCUT2D eigenvalue weighted by Gasteiger charge is -2.13. The van der Waals surface area contributed by atoms with E-state index >= 15 is 0 Å². The Morgan fingerprint density at radius 1 is 1.16 bits per heavy atom. The Labute approximate surface area is 185 Å². The monoisotopic (exact) mass is 467 g/mol. The number of carbonyl (C=O) groups excluding carboxylic acids is 1. The molecule has 0 bridgehead atoms. The zero-order valence-electron chi connectivity index (χ0n) is 16.6. The lowest BCUT2D eigenvalue weighted by Crippen LogP contribution is -2.19. The molecule has 9 nitrogen and oxygen atoms in total. The molecular formula is C20H22ClN3O6S. The summed E-state index contributed by atoms with van der Waals surface area (Å²) in [7, 11) is -3.62. The Balaban J connectivity index is 0.00000341. The van der Waals surface area contributed by atoms with Crippen molar-refractivity contribution in [1.29, 1.82) is 0 Å². The summed E-state index contributed by atoms with van der Waals surface area (Å²) in [6.45, 7) is 0.357. The van der Waals surface area contributed by atoms with E-state index in [0.29, 0.717) is 18.7 Å². The van der Waals surface area contributed by atoms with E-state index in [0.717, 1.165) is 12.5 Å². The van der Waals surface area contributed by atoms with Crippen molar-refractivity contribution >= 4 is 50.7 Å². The molecule has 0 fully saturated rings. The molecule has 0 unspecified atom stereocenters. The van der Waals surface area contributed by atoms with Crippen LogP contribution in [0.1, 0.15) is 12.8 Å². The number of benzene rings is 2. The molecule has 0 aliphatic carbocycles. The fourth-order valence-electron chi connectivity index (χ4n) is 2.70. The summed E-state index contributed by atoms with van der Waals surface area (Å²) in [5, 5.41) is 2.63. The molecule has 1 aromatic heterocycles. The zero-order valence-corrected chi connectivity index (χ0v) is 18.2. The first-order valence-corrected chi connectivity index (χ1v) is 11.0. The van der Waals surface area contributed by atoms with Gasteiger partial charge < -0.3 is 20.2 Å². The fourth-order valence-corrected chi connectivity index (χ4v) is 3.26. The van der Waals surface area contributed by atoms with Crippen LogP contribution in [0.3, 0.4) is 0 Å². The third-order valence-electron chi connectivity index (χ3n) is 4.02. The smallest absolute Gasteiger partial charge is 0.229 e. The third kappa shape index (κ3) is 6.45. The van der Waals surface area contributed by atoms with E-state index in [4.69, 9.17) is 14.9 Å². The van der Waals surface area contributed by atoms with Gasteiger partial charge in [0.05, 0.1) is 17.3 Å². The molecule has 166 valence electrons. The summed E-state index contributed by atoms with van der Waals surface area (Å²) in [4.78, 5) is 24.8. The maximum atomic E-state index is 12.8. The van der Waals surface area contributed by atoms with Crippen LogP contribution in [0.5, 0.6) is 11.5 Å². The number of hydrogen-bond acceptors (Lipinski definition) is 7. The molecule has 2 aromatic carbocycles. The predicted molar refractivity (Wildman–Crippen MR) is 122 cm³/mol. The first-order valence-electron chi connectivity index (χ1n) is 9.07. The molecule has 0 radical (unpaired) electrons. The second-order valence-corrected chi connectivity index (χ2v) is 8.30. The first-order chi connectivity index (χ1) is 14.3. The molecule has 11 heteroatoms. The van der Waals surface area contributed by atoms with Crippen molar-refractivity contribution in [3.8, 4) is 11.5 Å².